The summed E-state index contributed by atoms with van der Waals surface area (Å²) < 4.78 is 11.7. The second-order valence-electron chi connectivity index (χ2n) is 10.9. The highest BCUT2D eigenvalue weighted by atomic mass is 16.6. The SMILES string of the molecule is Cc1ccc(C(=O)Nc2ccccc2-c2nc3c(CN4CCN(C(=O)OC(C)(C)C)CC4)cccc3o2)cc1. The number of amides is 2. The average molecular weight is 527 g/mol. The van der Waals surface area contributed by atoms with Gasteiger partial charge in [-0.15, -0.1) is 0 Å². The van der Waals surface area contributed by atoms with Gasteiger partial charge in [0.05, 0.1) is 11.3 Å². The molecule has 2 amide bonds. The second kappa shape index (κ2) is 10.9. The van der Waals surface area contributed by atoms with Gasteiger partial charge in [-0.1, -0.05) is 42.0 Å². The smallest absolute Gasteiger partial charge is 0.410 e. The van der Waals surface area contributed by atoms with Crippen LogP contribution in [-0.4, -0.2) is 58.6 Å². The van der Waals surface area contributed by atoms with E-state index in [2.05, 4.69) is 16.3 Å². The number of piperazine rings is 1. The highest BCUT2D eigenvalue weighted by Gasteiger charge is 2.26. The molecule has 39 heavy (non-hydrogen) atoms. The van der Waals surface area contributed by atoms with E-state index in [0.29, 0.717) is 47.9 Å². The third-order valence-corrected chi connectivity index (χ3v) is 6.64. The van der Waals surface area contributed by atoms with Crippen LogP contribution in [0.25, 0.3) is 22.6 Å². The lowest BCUT2D eigenvalue weighted by Gasteiger charge is -2.35. The minimum Gasteiger partial charge on any atom is -0.444 e. The number of carbonyl (C=O) groups is 2. The molecule has 3 aromatic carbocycles. The Morgan fingerprint density at radius 1 is 0.949 bits per heavy atom. The normalized spacial score (nSPS) is 14.4. The molecule has 1 aromatic heterocycles. The molecule has 1 fully saturated rings. The Kier molecular flexibility index (Phi) is 7.39. The maximum atomic E-state index is 12.9. The number of para-hydroxylation sites is 2. The van der Waals surface area contributed by atoms with Gasteiger partial charge in [-0.05, 0) is 63.6 Å². The molecule has 1 saturated heterocycles. The van der Waals surface area contributed by atoms with Crippen molar-refractivity contribution in [1.82, 2.24) is 14.8 Å². The van der Waals surface area contributed by atoms with Crippen LogP contribution in [0.3, 0.4) is 0 Å². The monoisotopic (exact) mass is 526 g/mol. The van der Waals surface area contributed by atoms with Gasteiger partial charge in [-0.2, -0.15) is 0 Å². The summed E-state index contributed by atoms with van der Waals surface area (Å²) in [6.07, 6.45) is -0.265. The van der Waals surface area contributed by atoms with E-state index in [0.717, 1.165) is 29.7 Å². The summed E-state index contributed by atoms with van der Waals surface area (Å²) >= 11 is 0. The molecule has 0 aliphatic carbocycles. The first-order valence-electron chi connectivity index (χ1n) is 13.2. The van der Waals surface area contributed by atoms with Crippen LogP contribution in [0.15, 0.2) is 71.1 Å². The number of nitrogens with zero attached hydrogens (tertiary/aromatic N) is 3. The first kappa shape index (κ1) is 26.4. The molecule has 5 rings (SSSR count). The molecule has 8 nitrogen and oxygen atoms in total. The fraction of sp³-hybridized carbons (Fsp3) is 0.323. The molecule has 1 aliphatic rings. The van der Waals surface area contributed by atoms with E-state index in [9.17, 15) is 9.59 Å². The van der Waals surface area contributed by atoms with Gasteiger partial charge in [-0.25, -0.2) is 9.78 Å². The summed E-state index contributed by atoms with van der Waals surface area (Å²) in [6, 6.07) is 20.9. The summed E-state index contributed by atoms with van der Waals surface area (Å²) in [4.78, 5) is 34.2. The summed E-state index contributed by atoms with van der Waals surface area (Å²) in [5.41, 5.74) is 5.06. The van der Waals surface area contributed by atoms with Crippen molar-refractivity contribution in [3.63, 3.8) is 0 Å². The zero-order valence-electron chi connectivity index (χ0n) is 22.9. The number of nitrogens with one attached hydrogen (secondary N) is 1. The van der Waals surface area contributed by atoms with Crippen molar-refractivity contribution in [2.45, 2.75) is 39.8 Å². The molecular formula is C31H34N4O4. The molecule has 2 heterocycles. The molecule has 0 atom stereocenters. The first-order valence-corrected chi connectivity index (χ1v) is 13.2. The van der Waals surface area contributed by atoms with Gasteiger partial charge in [0.15, 0.2) is 5.58 Å². The number of aromatic nitrogens is 1. The highest BCUT2D eigenvalue weighted by Crippen LogP contribution is 2.32. The van der Waals surface area contributed by atoms with Crippen molar-refractivity contribution >= 4 is 28.8 Å². The van der Waals surface area contributed by atoms with E-state index in [-0.39, 0.29) is 12.0 Å². The zero-order chi connectivity index (χ0) is 27.6. The molecule has 4 aromatic rings. The Morgan fingerprint density at radius 3 is 2.38 bits per heavy atom. The Balaban J connectivity index is 1.31. The molecule has 1 aliphatic heterocycles. The summed E-state index contributed by atoms with van der Waals surface area (Å²) in [5, 5.41) is 3.01. The van der Waals surface area contributed by atoms with Gasteiger partial charge in [0.1, 0.15) is 11.1 Å². The van der Waals surface area contributed by atoms with Crippen LogP contribution in [0.5, 0.6) is 0 Å². The molecular weight excluding hydrogens is 492 g/mol. The van der Waals surface area contributed by atoms with Crippen molar-refractivity contribution in [3.8, 4) is 11.5 Å². The third kappa shape index (κ3) is 6.29. The van der Waals surface area contributed by atoms with E-state index in [4.69, 9.17) is 14.1 Å². The van der Waals surface area contributed by atoms with Gasteiger partial charge in [0.2, 0.25) is 5.89 Å². The van der Waals surface area contributed by atoms with Crippen LogP contribution in [0, 0.1) is 6.92 Å². The van der Waals surface area contributed by atoms with Crippen LogP contribution in [-0.2, 0) is 11.3 Å². The van der Waals surface area contributed by atoms with Gasteiger partial charge in [0, 0.05) is 38.3 Å². The Morgan fingerprint density at radius 2 is 1.67 bits per heavy atom. The number of rotatable bonds is 5. The van der Waals surface area contributed by atoms with Crippen molar-refractivity contribution in [2.24, 2.45) is 0 Å². The van der Waals surface area contributed by atoms with Crippen LogP contribution >= 0.6 is 0 Å². The first-order chi connectivity index (χ1) is 18.7. The molecule has 8 heteroatoms. The van der Waals surface area contributed by atoms with E-state index in [1.807, 2.05) is 88.4 Å². The Hall–Kier alpha value is -4.17. The number of ether oxygens (including phenoxy) is 1. The van der Waals surface area contributed by atoms with E-state index < -0.39 is 5.60 Å². The van der Waals surface area contributed by atoms with Crippen LogP contribution in [0.2, 0.25) is 0 Å². The molecule has 0 unspecified atom stereocenters. The number of carbonyl (C=O) groups excluding carboxylic acids is 2. The number of fused-ring (bicyclic) bond motifs is 1. The number of hydrogen-bond donors (Lipinski definition) is 1. The fourth-order valence-corrected chi connectivity index (χ4v) is 4.58. The van der Waals surface area contributed by atoms with E-state index in [1.165, 1.54) is 0 Å². The maximum absolute atomic E-state index is 12.9. The third-order valence-electron chi connectivity index (χ3n) is 6.64. The highest BCUT2D eigenvalue weighted by molar-refractivity contribution is 6.06. The summed E-state index contributed by atoms with van der Waals surface area (Å²) in [7, 11) is 0. The van der Waals surface area contributed by atoms with Crippen molar-refractivity contribution in [1.29, 1.82) is 0 Å². The van der Waals surface area contributed by atoms with Crippen molar-refractivity contribution in [3.05, 3.63) is 83.4 Å². The summed E-state index contributed by atoms with van der Waals surface area (Å²) in [5.74, 6) is 0.261. The molecule has 0 spiro atoms. The molecule has 202 valence electrons. The number of benzene rings is 3. The lowest BCUT2D eigenvalue weighted by Crippen LogP contribution is -2.49. The lowest BCUT2D eigenvalue weighted by molar-refractivity contribution is 0.0139. The summed E-state index contributed by atoms with van der Waals surface area (Å²) in [6.45, 7) is 11.0. The standard InChI is InChI=1S/C31H34N4O4/c1-21-12-14-22(15-13-21)28(36)32-25-10-6-5-9-24(25)29-33-27-23(8-7-11-26(27)38-29)20-34-16-18-35(19-17-34)30(37)39-31(2,3)4/h5-15H,16-20H2,1-4H3,(H,32,36). The molecule has 1 N–H and O–H groups in total. The average Bonchev–Trinajstić information content (AvgIpc) is 3.34. The van der Waals surface area contributed by atoms with Gasteiger partial charge >= 0.3 is 6.09 Å². The predicted molar refractivity (Wildman–Crippen MR) is 152 cm³/mol. The molecule has 0 saturated carbocycles. The van der Waals surface area contributed by atoms with E-state index in [1.54, 1.807) is 4.90 Å². The number of hydrogen-bond acceptors (Lipinski definition) is 6. The van der Waals surface area contributed by atoms with Crippen LogP contribution in [0.4, 0.5) is 10.5 Å². The Labute approximate surface area is 228 Å². The minimum atomic E-state index is -0.503. The van der Waals surface area contributed by atoms with Crippen molar-refractivity contribution < 1.29 is 18.7 Å². The lowest BCUT2D eigenvalue weighted by atomic mass is 10.1. The maximum Gasteiger partial charge on any atom is 0.410 e. The van der Waals surface area contributed by atoms with Crippen molar-refractivity contribution in [2.75, 3.05) is 31.5 Å². The predicted octanol–water partition coefficient (Wildman–Crippen LogP) is 6.11. The van der Waals surface area contributed by atoms with Gasteiger partial charge in [-0.3, -0.25) is 9.69 Å². The van der Waals surface area contributed by atoms with E-state index >= 15 is 0 Å². The van der Waals surface area contributed by atoms with Gasteiger partial charge in [0.25, 0.3) is 5.91 Å². The zero-order valence-corrected chi connectivity index (χ0v) is 22.9. The number of anilines is 1. The quantitative estimate of drug-likeness (QED) is 0.338. The minimum absolute atomic E-state index is 0.190. The number of aryl methyl sites for hydroxylation is 1. The topological polar surface area (TPSA) is 87.9 Å². The Bertz CT molecular complexity index is 1480. The van der Waals surface area contributed by atoms with Crippen LogP contribution in [0.1, 0.15) is 42.3 Å². The second-order valence-corrected chi connectivity index (χ2v) is 10.9. The molecule has 0 radical (unpaired) electrons. The largest absolute Gasteiger partial charge is 0.444 e. The van der Waals surface area contributed by atoms with Gasteiger partial charge < -0.3 is 19.4 Å². The fourth-order valence-electron chi connectivity index (χ4n) is 4.58. The number of oxazole rings is 1. The van der Waals surface area contributed by atoms with Crippen LogP contribution < -0.4 is 5.32 Å². The molecule has 0 bridgehead atoms.